The highest BCUT2D eigenvalue weighted by atomic mass is 16.5. The Kier molecular flexibility index (Phi) is 4.17. The molecule has 3 aromatic rings. The number of benzene rings is 3. The third-order valence-corrected chi connectivity index (χ3v) is 7.74. The predicted molar refractivity (Wildman–Crippen MR) is 128 cm³/mol. The Labute approximate surface area is 194 Å². The summed E-state index contributed by atoms with van der Waals surface area (Å²) >= 11 is 0. The molecule has 0 aromatic heterocycles. The van der Waals surface area contributed by atoms with E-state index in [0.29, 0.717) is 11.4 Å². The van der Waals surface area contributed by atoms with E-state index in [1.54, 1.807) is 31.4 Å². The monoisotopic (exact) mass is 437 g/mol. The maximum atomic E-state index is 13.9. The maximum absolute atomic E-state index is 13.9. The normalized spacial score (nSPS) is 25.0. The molecule has 3 aromatic carbocycles. The van der Waals surface area contributed by atoms with E-state index in [2.05, 4.69) is 51.1 Å². The third kappa shape index (κ3) is 2.70. The standard InChI is InChI=1S/C29H27NO3/c1-29(2,3)16-9-14-21-22(15-16)24-20-8-6-5-7-19(20)23(21)25-26(24)28(32)30(27(25)31)17-10-12-18(33-4)13-11-17/h5-15,23-26H,1-4H3/t23-,24-,25-,26+/m0/s1. The van der Waals surface area contributed by atoms with Crippen LogP contribution in [0.2, 0.25) is 0 Å². The first kappa shape index (κ1) is 20.2. The minimum Gasteiger partial charge on any atom is -0.497 e. The molecule has 2 bridgehead atoms. The Hall–Kier alpha value is -3.40. The Morgan fingerprint density at radius 2 is 1.27 bits per heavy atom. The molecule has 4 heteroatoms. The van der Waals surface area contributed by atoms with Crippen LogP contribution in [0.3, 0.4) is 0 Å². The van der Waals surface area contributed by atoms with Gasteiger partial charge >= 0.3 is 0 Å². The second kappa shape index (κ2) is 6.80. The number of amides is 2. The van der Waals surface area contributed by atoms with E-state index in [1.165, 1.54) is 32.7 Å². The summed E-state index contributed by atoms with van der Waals surface area (Å²) in [4.78, 5) is 29.1. The van der Waals surface area contributed by atoms with Crippen molar-refractivity contribution in [3.05, 3.63) is 94.5 Å². The maximum Gasteiger partial charge on any atom is 0.238 e. The zero-order chi connectivity index (χ0) is 23.1. The molecule has 7 rings (SSSR count). The number of imide groups is 1. The highest BCUT2D eigenvalue weighted by Gasteiger charge is 2.61. The Morgan fingerprint density at radius 3 is 1.82 bits per heavy atom. The zero-order valence-corrected chi connectivity index (χ0v) is 19.3. The molecule has 0 unspecified atom stereocenters. The van der Waals surface area contributed by atoms with Crippen LogP contribution in [0, 0.1) is 11.8 Å². The first-order valence-electron chi connectivity index (χ1n) is 11.6. The van der Waals surface area contributed by atoms with Crippen LogP contribution < -0.4 is 9.64 Å². The molecule has 0 saturated carbocycles. The van der Waals surface area contributed by atoms with Crippen LogP contribution in [0.4, 0.5) is 5.69 Å². The lowest BCUT2D eigenvalue weighted by Gasteiger charge is -2.46. The van der Waals surface area contributed by atoms with Gasteiger partial charge in [-0.15, -0.1) is 0 Å². The lowest BCUT2D eigenvalue weighted by atomic mass is 9.54. The number of nitrogens with zero attached hydrogens (tertiary/aromatic N) is 1. The second-order valence-corrected chi connectivity index (χ2v) is 10.4. The number of ether oxygens (including phenoxy) is 1. The summed E-state index contributed by atoms with van der Waals surface area (Å²) in [7, 11) is 1.60. The molecule has 1 heterocycles. The van der Waals surface area contributed by atoms with Crippen molar-refractivity contribution in [2.24, 2.45) is 11.8 Å². The fourth-order valence-electron chi connectivity index (χ4n) is 6.18. The molecule has 166 valence electrons. The van der Waals surface area contributed by atoms with Crippen LogP contribution in [-0.4, -0.2) is 18.9 Å². The topological polar surface area (TPSA) is 46.6 Å². The zero-order valence-electron chi connectivity index (χ0n) is 19.3. The summed E-state index contributed by atoms with van der Waals surface area (Å²) < 4.78 is 5.26. The van der Waals surface area contributed by atoms with Gasteiger partial charge in [-0.05, 0) is 57.5 Å². The van der Waals surface area contributed by atoms with Crippen molar-refractivity contribution in [2.75, 3.05) is 12.0 Å². The number of anilines is 1. The van der Waals surface area contributed by atoms with E-state index < -0.39 is 0 Å². The fourth-order valence-corrected chi connectivity index (χ4v) is 6.18. The summed E-state index contributed by atoms with van der Waals surface area (Å²) in [6, 6.07) is 22.2. The lowest BCUT2D eigenvalue weighted by molar-refractivity contribution is -0.122. The molecule has 4 nitrogen and oxygen atoms in total. The summed E-state index contributed by atoms with van der Waals surface area (Å²) in [5.74, 6) is -0.427. The SMILES string of the molecule is COc1ccc(N2C(=O)[C@@H]3[C@H]4c5ccccc5[C@@H](c5ccc(C(C)(C)C)cc54)[C@@H]3C2=O)cc1. The van der Waals surface area contributed by atoms with Gasteiger partial charge in [0.2, 0.25) is 11.8 Å². The van der Waals surface area contributed by atoms with Gasteiger partial charge in [0.1, 0.15) is 5.75 Å². The quantitative estimate of drug-likeness (QED) is 0.505. The number of carbonyl (C=O) groups is 2. The van der Waals surface area contributed by atoms with Gasteiger partial charge in [-0.1, -0.05) is 63.2 Å². The second-order valence-electron chi connectivity index (χ2n) is 10.4. The highest BCUT2D eigenvalue weighted by Crippen LogP contribution is 2.61. The van der Waals surface area contributed by atoms with Gasteiger partial charge in [0.15, 0.2) is 0 Å². The van der Waals surface area contributed by atoms with Crippen LogP contribution in [0.1, 0.15) is 60.4 Å². The molecule has 2 amide bonds. The van der Waals surface area contributed by atoms with Crippen molar-refractivity contribution < 1.29 is 14.3 Å². The Morgan fingerprint density at radius 1 is 0.727 bits per heavy atom. The number of hydrogen-bond donors (Lipinski definition) is 0. The van der Waals surface area contributed by atoms with Gasteiger partial charge in [0.25, 0.3) is 0 Å². The molecular formula is C29H27NO3. The number of rotatable bonds is 2. The molecule has 4 aliphatic rings. The first-order chi connectivity index (χ1) is 15.8. The van der Waals surface area contributed by atoms with Gasteiger partial charge in [0, 0.05) is 11.8 Å². The Balaban J connectivity index is 1.53. The molecule has 3 aliphatic carbocycles. The minimum atomic E-state index is -0.373. The molecule has 4 atom stereocenters. The summed E-state index contributed by atoms with van der Waals surface area (Å²) in [5.41, 5.74) is 6.68. The fraction of sp³-hybridized carbons (Fsp3) is 0.310. The van der Waals surface area contributed by atoms with E-state index in [-0.39, 0.29) is 40.9 Å². The largest absolute Gasteiger partial charge is 0.497 e. The number of hydrogen-bond acceptors (Lipinski definition) is 3. The predicted octanol–water partition coefficient (Wildman–Crippen LogP) is 5.39. The molecule has 0 radical (unpaired) electrons. The van der Waals surface area contributed by atoms with E-state index in [0.717, 1.165) is 0 Å². The van der Waals surface area contributed by atoms with Crippen molar-refractivity contribution in [1.82, 2.24) is 0 Å². The van der Waals surface area contributed by atoms with Gasteiger partial charge in [-0.25, -0.2) is 4.90 Å². The highest BCUT2D eigenvalue weighted by molar-refractivity contribution is 6.23. The van der Waals surface area contributed by atoms with Crippen molar-refractivity contribution in [3.8, 4) is 5.75 Å². The van der Waals surface area contributed by atoms with E-state index >= 15 is 0 Å². The van der Waals surface area contributed by atoms with Gasteiger partial charge < -0.3 is 4.74 Å². The van der Waals surface area contributed by atoms with Crippen molar-refractivity contribution >= 4 is 17.5 Å². The summed E-state index contributed by atoms with van der Waals surface area (Å²) in [5, 5.41) is 0. The van der Waals surface area contributed by atoms with Crippen LogP contribution in [0.25, 0.3) is 0 Å². The van der Waals surface area contributed by atoms with Crippen molar-refractivity contribution in [3.63, 3.8) is 0 Å². The molecule has 1 fully saturated rings. The average molecular weight is 438 g/mol. The van der Waals surface area contributed by atoms with Gasteiger partial charge in [-0.3, -0.25) is 9.59 Å². The van der Waals surface area contributed by atoms with Crippen LogP contribution >= 0.6 is 0 Å². The molecule has 1 aliphatic heterocycles. The number of carbonyl (C=O) groups excluding carboxylic acids is 2. The van der Waals surface area contributed by atoms with E-state index in [9.17, 15) is 9.59 Å². The van der Waals surface area contributed by atoms with Crippen molar-refractivity contribution in [1.29, 1.82) is 0 Å². The van der Waals surface area contributed by atoms with E-state index in [4.69, 9.17) is 4.74 Å². The van der Waals surface area contributed by atoms with Crippen LogP contribution in [0.5, 0.6) is 5.75 Å². The van der Waals surface area contributed by atoms with Gasteiger partial charge in [-0.2, -0.15) is 0 Å². The Bertz CT molecular complexity index is 1300. The van der Waals surface area contributed by atoms with Crippen LogP contribution in [-0.2, 0) is 15.0 Å². The molecule has 0 spiro atoms. The number of methoxy groups -OCH3 is 1. The molecular weight excluding hydrogens is 410 g/mol. The van der Waals surface area contributed by atoms with E-state index in [1.807, 2.05) is 12.1 Å². The third-order valence-electron chi connectivity index (χ3n) is 7.74. The average Bonchev–Trinajstić information content (AvgIpc) is 3.09. The smallest absolute Gasteiger partial charge is 0.238 e. The molecule has 33 heavy (non-hydrogen) atoms. The lowest BCUT2D eigenvalue weighted by Crippen LogP contribution is -2.41. The first-order valence-corrected chi connectivity index (χ1v) is 11.6. The minimum absolute atomic E-state index is 0.00920. The van der Waals surface area contributed by atoms with Crippen LogP contribution in [0.15, 0.2) is 66.7 Å². The summed E-state index contributed by atoms with van der Waals surface area (Å²) in [6.07, 6.45) is 0. The van der Waals surface area contributed by atoms with Crippen molar-refractivity contribution in [2.45, 2.75) is 38.0 Å². The van der Waals surface area contributed by atoms with Gasteiger partial charge in [0.05, 0.1) is 24.6 Å². The molecule has 0 N–H and O–H groups in total. The molecule has 1 saturated heterocycles. The summed E-state index contributed by atoms with van der Waals surface area (Å²) in [6.45, 7) is 6.63.